The van der Waals surface area contributed by atoms with E-state index in [1.165, 1.54) is 0 Å². The summed E-state index contributed by atoms with van der Waals surface area (Å²) in [4.78, 5) is 24.1. The molecule has 0 saturated heterocycles. The predicted octanol–water partition coefficient (Wildman–Crippen LogP) is 2.08. The summed E-state index contributed by atoms with van der Waals surface area (Å²) in [5.41, 5.74) is 3.21. The van der Waals surface area contributed by atoms with E-state index in [1.54, 1.807) is 27.7 Å². The summed E-state index contributed by atoms with van der Waals surface area (Å²) >= 11 is 1.08. The van der Waals surface area contributed by atoms with Crippen molar-refractivity contribution in [2.75, 3.05) is 12.0 Å². The normalized spacial score (nSPS) is 10.4. The maximum Gasteiger partial charge on any atom is 0.348 e. The molecule has 7 heteroatoms. The number of carbonyl (C=O) groups excluding carboxylic acids is 2. The third-order valence-electron chi connectivity index (χ3n) is 2.29. The molecule has 1 rings (SSSR count). The molecule has 1 heterocycles. The predicted molar refractivity (Wildman–Crippen MR) is 73.4 cm³/mol. The van der Waals surface area contributed by atoms with Gasteiger partial charge in [-0.2, -0.15) is 0 Å². The van der Waals surface area contributed by atoms with Gasteiger partial charge in [0.15, 0.2) is 0 Å². The first kappa shape index (κ1) is 15.5. The van der Waals surface area contributed by atoms with Crippen molar-refractivity contribution in [3.63, 3.8) is 0 Å². The molecule has 0 unspecified atom stereocenters. The molecule has 1 aromatic rings. The lowest BCUT2D eigenvalue weighted by Gasteiger charge is -2.07. The van der Waals surface area contributed by atoms with E-state index in [-0.39, 0.29) is 18.3 Å². The first-order valence-electron chi connectivity index (χ1n) is 5.90. The van der Waals surface area contributed by atoms with Crippen LogP contribution < -0.4 is 11.3 Å². The Hall–Kier alpha value is -1.60. The summed E-state index contributed by atoms with van der Waals surface area (Å²) in [6.07, 6.45) is -0.227. The molecule has 106 valence electrons. The smallest absolute Gasteiger partial charge is 0.348 e. The zero-order valence-electron chi connectivity index (χ0n) is 11.4. The Kier molecular flexibility index (Phi) is 5.31. The molecule has 0 atom stereocenters. The highest BCUT2D eigenvalue weighted by Gasteiger charge is 2.26. The number of hydrogen-bond donors (Lipinski definition) is 2. The molecule has 0 aliphatic carbocycles. The summed E-state index contributed by atoms with van der Waals surface area (Å²) in [5.74, 6) is 4.39. The van der Waals surface area contributed by atoms with E-state index in [0.29, 0.717) is 15.4 Å². The average Bonchev–Trinajstić information content (AvgIpc) is 2.65. The molecule has 0 amide bonds. The summed E-state index contributed by atoms with van der Waals surface area (Å²) in [6.45, 7) is 7.15. The maximum absolute atomic E-state index is 11.9. The van der Waals surface area contributed by atoms with Gasteiger partial charge >= 0.3 is 11.9 Å². The molecule has 0 aromatic carbocycles. The molecule has 0 bridgehead atoms. The number of carbonyl (C=O) groups is 2. The average molecular weight is 286 g/mol. The summed E-state index contributed by atoms with van der Waals surface area (Å²) in [6, 6.07) is 0. The monoisotopic (exact) mass is 286 g/mol. The van der Waals surface area contributed by atoms with Crippen LogP contribution in [0.3, 0.4) is 0 Å². The second-order valence-electron chi connectivity index (χ2n) is 4.08. The van der Waals surface area contributed by atoms with Crippen molar-refractivity contribution in [1.29, 1.82) is 0 Å². The summed E-state index contributed by atoms with van der Waals surface area (Å²) < 4.78 is 10.1. The molecule has 19 heavy (non-hydrogen) atoms. The Balaban J connectivity index is 3.16. The van der Waals surface area contributed by atoms with Gasteiger partial charge in [0, 0.05) is 0 Å². The third kappa shape index (κ3) is 3.45. The van der Waals surface area contributed by atoms with Gasteiger partial charge in [-0.05, 0) is 33.3 Å². The fourth-order valence-electron chi connectivity index (χ4n) is 1.53. The molecule has 0 aliphatic rings. The van der Waals surface area contributed by atoms with E-state index >= 15 is 0 Å². The van der Waals surface area contributed by atoms with Crippen LogP contribution in [0.4, 0.5) is 5.00 Å². The van der Waals surface area contributed by atoms with E-state index in [2.05, 4.69) is 5.43 Å². The highest BCUT2D eigenvalue weighted by atomic mass is 32.1. The number of ether oxygens (including phenoxy) is 2. The molecule has 1 aromatic heterocycles. The van der Waals surface area contributed by atoms with Crippen molar-refractivity contribution < 1.29 is 19.1 Å². The number of anilines is 1. The van der Waals surface area contributed by atoms with Crippen LogP contribution in [0.5, 0.6) is 0 Å². The highest BCUT2D eigenvalue weighted by molar-refractivity contribution is 7.18. The SMILES string of the molecule is CCOC(=O)c1c(NN)sc(C(=O)OC(C)C)c1C. The van der Waals surface area contributed by atoms with Crippen LogP contribution in [0, 0.1) is 6.92 Å². The molecular weight excluding hydrogens is 268 g/mol. The number of hydrazine groups is 1. The lowest BCUT2D eigenvalue weighted by atomic mass is 10.1. The van der Waals surface area contributed by atoms with Gasteiger partial charge in [0.05, 0.1) is 18.3 Å². The van der Waals surface area contributed by atoms with E-state index in [0.717, 1.165) is 11.3 Å². The number of esters is 2. The Morgan fingerprint density at radius 2 is 2.00 bits per heavy atom. The van der Waals surface area contributed by atoms with E-state index in [1.807, 2.05) is 0 Å². The number of nitrogen functional groups attached to an aromatic ring is 1. The van der Waals surface area contributed by atoms with Gasteiger partial charge in [-0.25, -0.2) is 15.4 Å². The Bertz CT molecular complexity index is 482. The Morgan fingerprint density at radius 3 is 2.47 bits per heavy atom. The topological polar surface area (TPSA) is 90.6 Å². The number of rotatable bonds is 5. The zero-order valence-corrected chi connectivity index (χ0v) is 12.2. The van der Waals surface area contributed by atoms with Crippen LogP contribution >= 0.6 is 11.3 Å². The van der Waals surface area contributed by atoms with Gasteiger partial charge < -0.3 is 14.9 Å². The van der Waals surface area contributed by atoms with Gasteiger partial charge in [0.1, 0.15) is 9.88 Å². The molecule has 0 aliphatic heterocycles. The fraction of sp³-hybridized carbons (Fsp3) is 0.500. The number of thiophene rings is 1. The van der Waals surface area contributed by atoms with E-state index in [9.17, 15) is 9.59 Å². The van der Waals surface area contributed by atoms with Crippen LogP contribution in [-0.4, -0.2) is 24.6 Å². The number of nitrogens with one attached hydrogen (secondary N) is 1. The third-order valence-corrected chi connectivity index (χ3v) is 3.49. The van der Waals surface area contributed by atoms with Crippen LogP contribution in [0.25, 0.3) is 0 Å². The molecule has 3 N–H and O–H groups in total. The first-order valence-corrected chi connectivity index (χ1v) is 6.72. The van der Waals surface area contributed by atoms with Crippen molar-refractivity contribution in [2.45, 2.75) is 33.8 Å². The first-order chi connectivity index (χ1) is 8.92. The lowest BCUT2D eigenvalue weighted by Crippen LogP contribution is -2.13. The number of hydrogen-bond acceptors (Lipinski definition) is 7. The Morgan fingerprint density at radius 1 is 1.37 bits per heavy atom. The Labute approximate surface area is 115 Å². The van der Waals surface area contributed by atoms with Crippen LogP contribution in [0.15, 0.2) is 0 Å². The van der Waals surface area contributed by atoms with Gasteiger partial charge in [0.2, 0.25) is 0 Å². The van der Waals surface area contributed by atoms with Crippen LogP contribution in [0.2, 0.25) is 0 Å². The van der Waals surface area contributed by atoms with Gasteiger partial charge in [-0.15, -0.1) is 11.3 Å². The zero-order chi connectivity index (χ0) is 14.6. The van der Waals surface area contributed by atoms with Crippen LogP contribution in [-0.2, 0) is 9.47 Å². The lowest BCUT2D eigenvalue weighted by molar-refractivity contribution is 0.0383. The van der Waals surface area contributed by atoms with Crippen molar-refractivity contribution >= 4 is 28.3 Å². The minimum atomic E-state index is -0.507. The maximum atomic E-state index is 11.9. The molecular formula is C12H18N2O4S. The molecule has 0 spiro atoms. The molecule has 0 fully saturated rings. The quantitative estimate of drug-likeness (QED) is 0.489. The molecule has 0 saturated carbocycles. The second kappa shape index (κ2) is 6.53. The molecule has 0 radical (unpaired) electrons. The van der Waals surface area contributed by atoms with Crippen molar-refractivity contribution in [2.24, 2.45) is 5.84 Å². The van der Waals surface area contributed by atoms with Crippen molar-refractivity contribution in [1.82, 2.24) is 0 Å². The number of nitrogens with two attached hydrogens (primary N) is 1. The summed E-state index contributed by atoms with van der Waals surface area (Å²) in [7, 11) is 0. The minimum absolute atomic E-state index is 0.227. The highest BCUT2D eigenvalue weighted by Crippen LogP contribution is 2.33. The van der Waals surface area contributed by atoms with E-state index < -0.39 is 11.9 Å². The molecule has 6 nitrogen and oxygen atoms in total. The van der Waals surface area contributed by atoms with Gasteiger partial charge in [-0.1, -0.05) is 0 Å². The standard InChI is InChI=1S/C12H18N2O4S/c1-5-17-11(15)8-7(4)9(19-10(8)14-13)12(16)18-6(2)3/h6,14H,5,13H2,1-4H3. The van der Waals surface area contributed by atoms with Gasteiger partial charge in [-0.3, -0.25) is 0 Å². The largest absolute Gasteiger partial charge is 0.462 e. The van der Waals surface area contributed by atoms with Crippen molar-refractivity contribution in [3.8, 4) is 0 Å². The van der Waals surface area contributed by atoms with Gasteiger partial charge in [0.25, 0.3) is 0 Å². The summed E-state index contributed by atoms with van der Waals surface area (Å²) in [5, 5.41) is 0.395. The van der Waals surface area contributed by atoms with Crippen molar-refractivity contribution in [3.05, 3.63) is 16.0 Å². The van der Waals surface area contributed by atoms with Crippen LogP contribution in [0.1, 0.15) is 46.4 Å². The fourth-order valence-corrected chi connectivity index (χ4v) is 2.51. The minimum Gasteiger partial charge on any atom is -0.462 e. The second-order valence-corrected chi connectivity index (χ2v) is 5.10. The van der Waals surface area contributed by atoms with E-state index in [4.69, 9.17) is 15.3 Å².